The van der Waals surface area contributed by atoms with Crippen LogP contribution in [0.4, 0.5) is 5.82 Å². The van der Waals surface area contributed by atoms with Gasteiger partial charge < -0.3 is 11.1 Å². The van der Waals surface area contributed by atoms with E-state index in [1.165, 1.54) is 12.8 Å². The van der Waals surface area contributed by atoms with Crippen LogP contribution in [0.3, 0.4) is 0 Å². The minimum Gasteiger partial charge on any atom is -0.368 e. The number of nitrogens with zero attached hydrogens (tertiary/aromatic N) is 3. The van der Waals surface area contributed by atoms with E-state index in [-0.39, 0.29) is 0 Å². The van der Waals surface area contributed by atoms with Crippen molar-refractivity contribution in [1.29, 1.82) is 0 Å². The summed E-state index contributed by atoms with van der Waals surface area (Å²) in [6, 6.07) is 1.97. The summed E-state index contributed by atoms with van der Waals surface area (Å²) in [4.78, 5) is 4.37. The molecule has 1 atom stereocenters. The first kappa shape index (κ1) is 12.8. The van der Waals surface area contributed by atoms with Gasteiger partial charge in [-0.25, -0.2) is 9.50 Å². The summed E-state index contributed by atoms with van der Waals surface area (Å²) in [5.41, 5.74) is 6.66. The smallest absolute Gasteiger partial charge is 0.152 e. The van der Waals surface area contributed by atoms with Gasteiger partial charge in [0.05, 0.1) is 6.20 Å². The molecule has 0 aliphatic rings. The van der Waals surface area contributed by atoms with Gasteiger partial charge in [0.1, 0.15) is 5.52 Å². The zero-order chi connectivity index (χ0) is 12.8. The minimum absolute atomic E-state index is 0.616. The van der Waals surface area contributed by atoms with E-state index in [0.29, 0.717) is 5.92 Å². The highest BCUT2D eigenvalue weighted by Gasteiger charge is 2.08. The second-order valence-corrected chi connectivity index (χ2v) is 4.55. The summed E-state index contributed by atoms with van der Waals surface area (Å²) < 4.78 is 1.83. The van der Waals surface area contributed by atoms with Crippen molar-refractivity contribution < 1.29 is 0 Å². The van der Waals surface area contributed by atoms with Gasteiger partial charge >= 0.3 is 0 Å². The highest BCUT2D eigenvalue weighted by molar-refractivity contribution is 5.66. The topological polar surface area (TPSA) is 68.2 Å². The zero-order valence-corrected chi connectivity index (χ0v) is 10.8. The van der Waals surface area contributed by atoms with E-state index in [4.69, 9.17) is 5.73 Å². The van der Waals surface area contributed by atoms with Crippen LogP contribution in [-0.4, -0.2) is 27.7 Å². The van der Waals surface area contributed by atoms with Crippen LogP contribution >= 0.6 is 0 Å². The van der Waals surface area contributed by atoms with Gasteiger partial charge in [0.15, 0.2) is 5.82 Å². The molecule has 0 saturated heterocycles. The number of nitrogens with two attached hydrogens (primary N) is 1. The Kier molecular flexibility index (Phi) is 4.52. The highest BCUT2D eigenvalue weighted by Crippen LogP contribution is 2.15. The van der Waals surface area contributed by atoms with Gasteiger partial charge in [0.2, 0.25) is 0 Å². The number of nitrogens with one attached hydrogen (secondary N) is 1. The summed E-state index contributed by atoms with van der Waals surface area (Å²) in [7, 11) is 0. The first-order valence-corrected chi connectivity index (χ1v) is 6.57. The predicted octanol–water partition coefficient (Wildman–Crippen LogP) is 1.91. The van der Waals surface area contributed by atoms with Crippen LogP contribution in [0.15, 0.2) is 24.7 Å². The standard InChI is InChI=1S/C13H21N5/c1-2-3-11(4-6-14)10-16-13-12-5-7-17-18(12)9-8-15-13/h5,7-9,11H,2-4,6,10,14H2,1H3,(H,15,16). The number of hydrogen-bond donors (Lipinski definition) is 2. The van der Waals surface area contributed by atoms with E-state index in [0.717, 1.165) is 30.8 Å². The van der Waals surface area contributed by atoms with Crippen LogP contribution < -0.4 is 11.1 Å². The van der Waals surface area contributed by atoms with E-state index < -0.39 is 0 Å². The van der Waals surface area contributed by atoms with E-state index in [1.54, 1.807) is 12.4 Å². The number of fused-ring (bicyclic) bond motifs is 1. The molecule has 5 nitrogen and oxygen atoms in total. The summed E-state index contributed by atoms with van der Waals surface area (Å²) in [5.74, 6) is 1.51. The Labute approximate surface area is 107 Å². The predicted molar refractivity (Wildman–Crippen MR) is 73.5 cm³/mol. The third kappa shape index (κ3) is 2.98. The Morgan fingerprint density at radius 2 is 2.28 bits per heavy atom. The Balaban J connectivity index is 2.02. The Morgan fingerprint density at radius 3 is 3.06 bits per heavy atom. The van der Waals surface area contributed by atoms with Gasteiger partial charge in [0.25, 0.3) is 0 Å². The summed E-state index contributed by atoms with van der Waals surface area (Å²) in [6.07, 6.45) is 8.85. The first-order chi connectivity index (χ1) is 8.85. The summed E-state index contributed by atoms with van der Waals surface area (Å²) in [6.45, 7) is 3.87. The molecule has 0 amide bonds. The lowest BCUT2D eigenvalue weighted by atomic mass is 10.00. The van der Waals surface area contributed by atoms with Crippen molar-refractivity contribution >= 4 is 11.3 Å². The molecule has 3 N–H and O–H groups in total. The molecule has 18 heavy (non-hydrogen) atoms. The van der Waals surface area contributed by atoms with Crippen LogP contribution in [0, 0.1) is 5.92 Å². The fourth-order valence-electron chi connectivity index (χ4n) is 2.23. The first-order valence-electron chi connectivity index (χ1n) is 6.57. The second-order valence-electron chi connectivity index (χ2n) is 4.55. The quantitative estimate of drug-likeness (QED) is 0.784. The van der Waals surface area contributed by atoms with Gasteiger partial charge in [-0.15, -0.1) is 0 Å². The highest BCUT2D eigenvalue weighted by atomic mass is 15.2. The molecule has 2 aromatic rings. The molecule has 5 heteroatoms. The number of rotatable bonds is 7. The van der Waals surface area contributed by atoms with E-state index in [9.17, 15) is 0 Å². The molecule has 2 rings (SSSR count). The largest absolute Gasteiger partial charge is 0.368 e. The Morgan fingerprint density at radius 1 is 1.39 bits per heavy atom. The molecule has 0 radical (unpaired) electrons. The maximum absolute atomic E-state index is 5.65. The summed E-state index contributed by atoms with van der Waals surface area (Å²) in [5, 5.41) is 7.61. The lowest BCUT2D eigenvalue weighted by Gasteiger charge is -2.16. The lowest BCUT2D eigenvalue weighted by molar-refractivity contribution is 0.473. The average Bonchev–Trinajstić information content (AvgIpc) is 2.85. The number of hydrogen-bond acceptors (Lipinski definition) is 4. The fourth-order valence-corrected chi connectivity index (χ4v) is 2.23. The summed E-state index contributed by atoms with van der Waals surface area (Å²) >= 11 is 0. The molecule has 0 aliphatic carbocycles. The molecular formula is C13H21N5. The number of anilines is 1. The van der Waals surface area contributed by atoms with Crippen molar-refractivity contribution in [2.75, 3.05) is 18.4 Å². The third-order valence-corrected chi connectivity index (χ3v) is 3.15. The maximum Gasteiger partial charge on any atom is 0.152 e. The van der Waals surface area contributed by atoms with E-state index in [1.807, 2.05) is 16.8 Å². The molecule has 2 aromatic heterocycles. The molecular weight excluding hydrogens is 226 g/mol. The molecule has 0 aromatic carbocycles. The van der Waals surface area contributed by atoms with Gasteiger partial charge in [-0.3, -0.25) is 0 Å². The van der Waals surface area contributed by atoms with Gasteiger partial charge in [-0.05, 0) is 31.4 Å². The molecule has 98 valence electrons. The van der Waals surface area contributed by atoms with Crippen molar-refractivity contribution in [1.82, 2.24) is 14.6 Å². The van der Waals surface area contributed by atoms with Crippen LogP contribution in [0.1, 0.15) is 26.2 Å². The van der Waals surface area contributed by atoms with Crippen LogP contribution in [0.25, 0.3) is 5.52 Å². The maximum atomic E-state index is 5.65. The van der Waals surface area contributed by atoms with Crippen LogP contribution in [0.2, 0.25) is 0 Å². The zero-order valence-electron chi connectivity index (χ0n) is 10.8. The van der Waals surface area contributed by atoms with Gasteiger partial charge in [-0.2, -0.15) is 5.10 Å². The lowest BCUT2D eigenvalue weighted by Crippen LogP contribution is -2.18. The van der Waals surface area contributed by atoms with E-state index >= 15 is 0 Å². The fraction of sp³-hybridized carbons (Fsp3) is 0.538. The molecule has 2 heterocycles. The Bertz CT molecular complexity index is 473. The Hall–Kier alpha value is -1.62. The van der Waals surface area contributed by atoms with Gasteiger partial charge in [-0.1, -0.05) is 13.3 Å². The molecule has 0 fully saturated rings. The van der Waals surface area contributed by atoms with Crippen molar-refractivity contribution in [2.24, 2.45) is 11.7 Å². The average molecular weight is 247 g/mol. The number of aromatic nitrogens is 3. The van der Waals surface area contributed by atoms with Crippen molar-refractivity contribution in [2.45, 2.75) is 26.2 Å². The molecule has 0 saturated carbocycles. The van der Waals surface area contributed by atoms with Crippen molar-refractivity contribution in [3.63, 3.8) is 0 Å². The SMILES string of the molecule is CCCC(CCN)CNc1nccn2nccc12. The molecule has 0 spiro atoms. The third-order valence-electron chi connectivity index (χ3n) is 3.15. The minimum atomic E-state index is 0.616. The molecule has 0 bridgehead atoms. The normalized spacial score (nSPS) is 12.8. The monoisotopic (exact) mass is 247 g/mol. The molecule has 1 unspecified atom stereocenters. The van der Waals surface area contributed by atoms with Crippen LogP contribution in [0.5, 0.6) is 0 Å². The van der Waals surface area contributed by atoms with E-state index in [2.05, 4.69) is 22.3 Å². The van der Waals surface area contributed by atoms with Crippen molar-refractivity contribution in [3.05, 3.63) is 24.7 Å². The van der Waals surface area contributed by atoms with Gasteiger partial charge in [0, 0.05) is 18.9 Å². The molecule has 0 aliphatic heterocycles. The second kappa shape index (κ2) is 6.35. The van der Waals surface area contributed by atoms with Crippen LogP contribution in [-0.2, 0) is 0 Å². The van der Waals surface area contributed by atoms with Crippen molar-refractivity contribution in [3.8, 4) is 0 Å².